The average Bonchev–Trinajstić information content (AvgIpc) is 2.62. The van der Waals surface area contributed by atoms with Crippen molar-refractivity contribution >= 4 is 29.2 Å². The van der Waals surface area contributed by atoms with E-state index < -0.39 is 24.6 Å². The van der Waals surface area contributed by atoms with Crippen molar-refractivity contribution in [1.82, 2.24) is 0 Å². The van der Waals surface area contributed by atoms with E-state index in [2.05, 4.69) is 5.32 Å². The van der Waals surface area contributed by atoms with Crippen LogP contribution in [-0.2, 0) is 14.3 Å². The van der Waals surface area contributed by atoms with Crippen molar-refractivity contribution in [3.63, 3.8) is 0 Å². The maximum atomic E-state index is 11.9. The number of nitrogens with zero attached hydrogens (tertiary/aromatic N) is 1. The number of carbonyl (C=O) groups is 2. The van der Waals surface area contributed by atoms with Gasteiger partial charge in [-0.1, -0.05) is 17.7 Å². The molecule has 1 atom stereocenters. The van der Waals surface area contributed by atoms with Crippen LogP contribution < -0.4 is 10.1 Å². The van der Waals surface area contributed by atoms with Gasteiger partial charge in [-0.15, -0.1) is 0 Å². The number of hydrogen-bond acceptors (Lipinski definition) is 5. The van der Waals surface area contributed by atoms with Gasteiger partial charge >= 0.3 is 5.97 Å². The van der Waals surface area contributed by atoms with E-state index in [-0.39, 0.29) is 0 Å². The van der Waals surface area contributed by atoms with Crippen LogP contribution in [0.2, 0.25) is 5.02 Å². The Morgan fingerprint density at radius 1 is 1.23 bits per heavy atom. The third kappa shape index (κ3) is 5.50. The van der Waals surface area contributed by atoms with E-state index in [0.29, 0.717) is 22.0 Å². The summed E-state index contributed by atoms with van der Waals surface area (Å²) in [5.41, 5.74) is 1.90. The largest absolute Gasteiger partial charge is 0.479 e. The number of amides is 1. The van der Waals surface area contributed by atoms with Crippen molar-refractivity contribution in [2.45, 2.75) is 20.0 Å². The zero-order chi connectivity index (χ0) is 19.1. The molecule has 0 heterocycles. The number of nitriles is 1. The predicted molar refractivity (Wildman–Crippen MR) is 97.0 cm³/mol. The van der Waals surface area contributed by atoms with Gasteiger partial charge in [-0.25, -0.2) is 4.79 Å². The fourth-order valence-electron chi connectivity index (χ4n) is 2.02. The molecule has 0 spiro atoms. The Morgan fingerprint density at radius 3 is 2.54 bits per heavy atom. The molecule has 0 saturated heterocycles. The fraction of sp³-hybridized carbons (Fsp3) is 0.211. The molecular formula is C19H17ClN2O4. The van der Waals surface area contributed by atoms with Crippen LogP contribution in [0.5, 0.6) is 5.75 Å². The molecule has 2 aromatic carbocycles. The van der Waals surface area contributed by atoms with Gasteiger partial charge in [0.1, 0.15) is 5.75 Å². The van der Waals surface area contributed by atoms with Crippen molar-refractivity contribution in [2.24, 2.45) is 0 Å². The first kappa shape index (κ1) is 19.3. The Labute approximate surface area is 156 Å². The van der Waals surface area contributed by atoms with Gasteiger partial charge in [0.25, 0.3) is 5.91 Å². The summed E-state index contributed by atoms with van der Waals surface area (Å²) in [6.07, 6.45) is -0.904. The normalized spacial score (nSPS) is 11.2. The number of halogens is 1. The molecule has 0 unspecified atom stereocenters. The van der Waals surface area contributed by atoms with E-state index in [1.807, 2.05) is 13.0 Å². The van der Waals surface area contributed by atoms with E-state index in [1.54, 1.807) is 42.5 Å². The zero-order valence-corrected chi connectivity index (χ0v) is 15.0. The average molecular weight is 373 g/mol. The van der Waals surface area contributed by atoms with Gasteiger partial charge in [-0.05, 0) is 55.8 Å². The molecule has 134 valence electrons. The summed E-state index contributed by atoms with van der Waals surface area (Å²) >= 11 is 6.04. The summed E-state index contributed by atoms with van der Waals surface area (Å²) in [5.74, 6) is -0.765. The van der Waals surface area contributed by atoms with Crippen LogP contribution in [0.1, 0.15) is 18.1 Å². The van der Waals surface area contributed by atoms with Crippen molar-refractivity contribution < 1.29 is 19.1 Å². The van der Waals surface area contributed by atoms with Crippen LogP contribution in [0.15, 0.2) is 42.5 Å². The van der Waals surface area contributed by atoms with Crippen LogP contribution >= 0.6 is 11.6 Å². The van der Waals surface area contributed by atoms with E-state index in [1.165, 1.54) is 6.92 Å². The molecule has 2 rings (SSSR count). The first-order valence-electron chi connectivity index (χ1n) is 7.78. The highest BCUT2D eigenvalue weighted by atomic mass is 35.5. The standard InChI is InChI=1S/C19H17ClN2O4/c1-12-3-8-17(16(20)9-12)22-18(23)11-25-19(24)13(2)26-15-6-4-14(10-21)5-7-15/h3-9,13H,11H2,1-2H3,(H,22,23)/t13-/m0/s1. The maximum Gasteiger partial charge on any atom is 0.347 e. The first-order valence-corrected chi connectivity index (χ1v) is 8.16. The second kappa shape index (κ2) is 8.88. The highest BCUT2D eigenvalue weighted by Crippen LogP contribution is 2.22. The van der Waals surface area contributed by atoms with Gasteiger partial charge in [0, 0.05) is 0 Å². The van der Waals surface area contributed by atoms with E-state index in [0.717, 1.165) is 5.56 Å². The zero-order valence-electron chi connectivity index (χ0n) is 14.3. The van der Waals surface area contributed by atoms with Crippen molar-refractivity contribution in [3.05, 3.63) is 58.6 Å². The maximum absolute atomic E-state index is 11.9. The second-order valence-corrected chi connectivity index (χ2v) is 5.94. The number of anilines is 1. The lowest BCUT2D eigenvalue weighted by molar-refractivity contribution is -0.153. The first-order chi connectivity index (χ1) is 12.4. The Hall–Kier alpha value is -3.04. The number of carbonyl (C=O) groups excluding carboxylic acids is 2. The molecule has 0 fully saturated rings. The Morgan fingerprint density at radius 2 is 1.92 bits per heavy atom. The minimum Gasteiger partial charge on any atom is -0.479 e. The summed E-state index contributed by atoms with van der Waals surface area (Å²) in [7, 11) is 0. The number of ether oxygens (including phenoxy) is 2. The van der Waals surface area contributed by atoms with Crippen molar-refractivity contribution in [1.29, 1.82) is 5.26 Å². The summed E-state index contributed by atoms with van der Waals surface area (Å²) < 4.78 is 10.4. The van der Waals surface area contributed by atoms with Crippen LogP contribution in [-0.4, -0.2) is 24.6 Å². The third-order valence-corrected chi connectivity index (χ3v) is 3.69. The Bertz CT molecular complexity index is 844. The smallest absolute Gasteiger partial charge is 0.347 e. The molecule has 2 aromatic rings. The molecule has 0 aromatic heterocycles. The number of benzene rings is 2. The third-order valence-electron chi connectivity index (χ3n) is 3.37. The van der Waals surface area contributed by atoms with Crippen molar-refractivity contribution in [2.75, 3.05) is 11.9 Å². The molecule has 0 bridgehead atoms. The lowest BCUT2D eigenvalue weighted by Gasteiger charge is -2.14. The lowest BCUT2D eigenvalue weighted by atomic mass is 10.2. The summed E-state index contributed by atoms with van der Waals surface area (Å²) in [6.45, 7) is 2.94. The summed E-state index contributed by atoms with van der Waals surface area (Å²) in [5, 5.41) is 11.7. The molecule has 0 radical (unpaired) electrons. The van der Waals surface area contributed by atoms with Gasteiger partial charge in [-0.2, -0.15) is 5.26 Å². The predicted octanol–water partition coefficient (Wildman–Crippen LogP) is 3.47. The summed E-state index contributed by atoms with van der Waals surface area (Å²) in [6, 6.07) is 13.5. The van der Waals surface area contributed by atoms with Crippen LogP contribution in [0.4, 0.5) is 5.69 Å². The molecule has 26 heavy (non-hydrogen) atoms. The Balaban J connectivity index is 1.82. The van der Waals surface area contributed by atoms with Gasteiger partial charge in [0.15, 0.2) is 12.7 Å². The van der Waals surface area contributed by atoms with Crippen LogP contribution in [0.3, 0.4) is 0 Å². The van der Waals surface area contributed by atoms with E-state index in [9.17, 15) is 9.59 Å². The number of nitrogens with one attached hydrogen (secondary N) is 1. The molecule has 0 aliphatic rings. The Kier molecular flexibility index (Phi) is 6.59. The molecule has 0 aliphatic heterocycles. The van der Waals surface area contributed by atoms with Gasteiger partial charge in [0.05, 0.1) is 22.3 Å². The van der Waals surface area contributed by atoms with E-state index >= 15 is 0 Å². The minimum atomic E-state index is -0.904. The second-order valence-electron chi connectivity index (χ2n) is 5.54. The topological polar surface area (TPSA) is 88.4 Å². The molecule has 1 amide bonds. The summed E-state index contributed by atoms with van der Waals surface area (Å²) in [4.78, 5) is 23.8. The monoisotopic (exact) mass is 372 g/mol. The van der Waals surface area contributed by atoms with Gasteiger partial charge in [0.2, 0.25) is 0 Å². The molecular weight excluding hydrogens is 356 g/mol. The van der Waals surface area contributed by atoms with Gasteiger partial charge < -0.3 is 14.8 Å². The highest BCUT2D eigenvalue weighted by molar-refractivity contribution is 6.33. The minimum absolute atomic E-state index is 0.405. The van der Waals surface area contributed by atoms with E-state index in [4.69, 9.17) is 26.3 Å². The molecule has 6 nitrogen and oxygen atoms in total. The van der Waals surface area contributed by atoms with Crippen LogP contribution in [0, 0.1) is 18.3 Å². The van der Waals surface area contributed by atoms with Crippen LogP contribution in [0.25, 0.3) is 0 Å². The number of rotatable bonds is 6. The number of esters is 1. The highest BCUT2D eigenvalue weighted by Gasteiger charge is 2.18. The number of hydrogen-bond donors (Lipinski definition) is 1. The quantitative estimate of drug-likeness (QED) is 0.784. The molecule has 0 aliphatic carbocycles. The fourth-order valence-corrected chi connectivity index (χ4v) is 2.30. The van der Waals surface area contributed by atoms with Gasteiger partial charge in [-0.3, -0.25) is 4.79 Å². The number of aryl methyl sites for hydroxylation is 1. The molecule has 1 N–H and O–H groups in total. The SMILES string of the molecule is Cc1ccc(NC(=O)COC(=O)[C@H](C)Oc2ccc(C#N)cc2)c(Cl)c1. The molecule has 7 heteroatoms. The van der Waals surface area contributed by atoms with Crippen molar-refractivity contribution in [3.8, 4) is 11.8 Å². The molecule has 0 saturated carbocycles. The lowest BCUT2D eigenvalue weighted by Crippen LogP contribution is -2.29.